The van der Waals surface area contributed by atoms with Gasteiger partial charge in [-0.3, -0.25) is 0 Å². The third-order valence-corrected chi connectivity index (χ3v) is 6.05. The average Bonchev–Trinajstić information content (AvgIpc) is 2.99. The minimum absolute atomic E-state index is 0.00511. The molecular weight excluding hydrogens is 514 g/mol. The summed E-state index contributed by atoms with van der Waals surface area (Å²) in [4.78, 5) is 50.4. The van der Waals surface area contributed by atoms with Gasteiger partial charge in [0.25, 0.3) is 0 Å². The van der Waals surface area contributed by atoms with Gasteiger partial charge in [0.2, 0.25) is 0 Å². The fourth-order valence-corrected chi connectivity index (χ4v) is 3.98. The van der Waals surface area contributed by atoms with E-state index in [2.05, 4.69) is 4.90 Å². The average molecular weight is 550 g/mol. The van der Waals surface area contributed by atoms with E-state index < -0.39 is 23.9 Å². The topological polar surface area (TPSA) is 108 Å². The lowest BCUT2D eigenvalue weighted by atomic mass is 10.1. The second kappa shape index (κ2) is 17.4. The molecular formula is C31H35NO8. The summed E-state index contributed by atoms with van der Waals surface area (Å²) in [6.07, 6.45) is 7.39. The van der Waals surface area contributed by atoms with Crippen molar-refractivity contribution in [2.75, 3.05) is 32.8 Å². The molecule has 3 rings (SSSR count). The van der Waals surface area contributed by atoms with Crippen LogP contribution in [0.15, 0.2) is 85.0 Å². The minimum atomic E-state index is -0.701. The molecule has 2 aromatic carbocycles. The number of carbonyl (C=O) groups is 4. The number of piperidine rings is 1. The van der Waals surface area contributed by atoms with Gasteiger partial charge in [-0.2, -0.15) is 0 Å². The highest BCUT2D eigenvalue weighted by molar-refractivity contribution is 5.92. The summed E-state index contributed by atoms with van der Waals surface area (Å²) in [5, 5.41) is 0. The molecule has 2 aromatic rings. The minimum Gasteiger partial charge on any atom is -0.462 e. The number of hydrogen-bond donors (Lipinski definition) is 0. The van der Waals surface area contributed by atoms with Crippen LogP contribution in [-0.4, -0.2) is 61.6 Å². The van der Waals surface area contributed by atoms with E-state index in [1.165, 1.54) is 6.42 Å². The molecule has 0 saturated carbocycles. The fourth-order valence-electron chi connectivity index (χ4n) is 3.98. The van der Waals surface area contributed by atoms with Crippen molar-refractivity contribution in [3.8, 4) is 0 Å². The molecule has 0 unspecified atom stereocenters. The number of likely N-dealkylation sites (tertiary alicyclic amines) is 1. The van der Waals surface area contributed by atoms with Gasteiger partial charge in [0, 0.05) is 36.8 Å². The standard InChI is InChI=1S/C31H35NO8/c33-28(37-21-25-10-4-1-5-11-25)14-16-30(35)39-23-27(20-32-18-8-3-9-19-32)24-40-31(36)17-15-29(34)38-22-26-12-6-2-7-13-26/h1-2,4-7,10-17,27H,3,8-9,18-24H2/b16-14+,17-15+. The van der Waals surface area contributed by atoms with Crippen molar-refractivity contribution in [3.05, 3.63) is 96.1 Å². The van der Waals surface area contributed by atoms with Crippen LogP contribution in [0.3, 0.4) is 0 Å². The Balaban J connectivity index is 1.42. The van der Waals surface area contributed by atoms with Crippen LogP contribution in [0.5, 0.6) is 0 Å². The molecule has 1 aliphatic rings. The van der Waals surface area contributed by atoms with E-state index in [1.54, 1.807) is 0 Å². The number of hydrogen-bond acceptors (Lipinski definition) is 9. The smallest absolute Gasteiger partial charge is 0.331 e. The summed E-state index contributed by atoms with van der Waals surface area (Å²) in [6, 6.07) is 18.4. The molecule has 1 fully saturated rings. The van der Waals surface area contributed by atoms with Crippen LogP contribution in [0, 0.1) is 5.92 Å². The van der Waals surface area contributed by atoms with E-state index in [-0.39, 0.29) is 32.3 Å². The van der Waals surface area contributed by atoms with Crippen molar-refractivity contribution in [3.63, 3.8) is 0 Å². The Morgan fingerprint density at radius 2 is 1.00 bits per heavy atom. The highest BCUT2D eigenvalue weighted by Crippen LogP contribution is 2.12. The van der Waals surface area contributed by atoms with E-state index >= 15 is 0 Å². The number of rotatable bonds is 14. The Labute approximate surface area is 234 Å². The second-order valence-corrected chi connectivity index (χ2v) is 9.34. The molecule has 1 saturated heterocycles. The number of esters is 4. The molecule has 0 bridgehead atoms. The van der Waals surface area contributed by atoms with Crippen LogP contribution in [0.1, 0.15) is 30.4 Å². The lowest BCUT2D eigenvalue weighted by molar-refractivity contribution is -0.145. The quantitative estimate of drug-likeness (QED) is 0.198. The normalized spacial score (nSPS) is 13.8. The zero-order chi connectivity index (χ0) is 28.4. The Morgan fingerprint density at radius 1 is 0.600 bits per heavy atom. The van der Waals surface area contributed by atoms with E-state index in [4.69, 9.17) is 18.9 Å². The molecule has 0 atom stereocenters. The molecule has 40 heavy (non-hydrogen) atoms. The molecule has 9 heteroatoms. The first-order chi connectivity index (χ1) is 19.5. The number of ether oxygens (including phenoxy) is 4. The molecule has 9 nitrogen and oxygen atoms in total. The predicted molar refractivity (Wildman–Crippen MR) is 146 cm³/mol. The highest BCUT2D eigenvalue weighted by atomic mass is 16.6. The molecule has 0 aromatic heterocycles. The van der Waals surface area contributed by atoms with Gasteiger partial charge in [-0.15, -0.1) is 0 Å². The maximum Gasteiger partial charge on any atom is 0.331 e. The van der Waals surface area contributed by atoms with Crippen molar-refractivity contribution in [2.24, 2.45) is 5.92 Å². The van der Waals surface area contributed by atoms with Crippen LogP contribution in [0.4, 0.5) is 0 Å². The molecule has 0 N–H and O–H groups in total. The number of carbonyl (C=O) groups excluding carboxylic acids is 4. The zero-order valence-electron chi connectivity index (χ0n) is 22.4. The lowest BCUT2D eigenvalue weighted by Crippen LogP contribution is -2.37. The SMILES string of the molecule is O=C(/C=C/C(=O)OCC(COC(=O)/C=C/C(=O)OCc1ccccc1)CN1CCCCC1)OCc1ccccc1. The van der Waals surface area contributed by atoms with Crippen molar-refractivity contribution in [2.45, 2.75) is 32.5 Å². The molecule has 1 aliphatic heterocycles. The van der Waals surface area contributed by atoms with Gasteiger partial charge in [0.05, 0.1) is 13.2 Å². The Kier molecular flexibility index (Phi) is 13.2. The molecule has 0 amide bonds. The first-order valence-corrected chi connectivity index (χ1v) is 13.3. The van der Waals surface area contributed by atoms with E-state index in [0.29, 0.717) is 6.54 Å². The van der Waals surface area contributed by atoms with E-state index in [0.717, 1.165) is 61.4 Å². The summed E-state index contributed by atoms with van der Waals surface area (Å²) in [6.45, 7) is 2.59. The number of nitrogens with zero attached hydrogens (tertiary/aromatic N) is 1. The molecule has 0 radical (unpaired) electrons. The van der Waals surface area contributed by atoms with Crippen molar-refractivity contribution >= 4 is 23.9 Å². The second-order valence-electron chi connectivity index (χ2n) is 9.34. The summed E-state index contributed by atoms with van der Waals surface area (Å²) in [5.74, 6) is -3.01. The maximum atomic E-state index is 12.2. The summed E-state index contributed by atoms with van der Waals surface area (Å²) >= 11 is 0. The van der Waals surface area contributed by atoms with Crippen LogP contribution < -0.4 is 0 Å². The van der Waals surface area contributed by atoms with Gasteiger partial charge < -0.3 is 23.8 Å². The summed E-state index contributed by atoms with van der Waals surface area (Å²) in [7, 11) is 0. The van der Waals surface area contributed by atoms with Gasteiger partial charge in [0.1, 0.15) is 13.2 Å². The van der Waals surface area contributed by atoms with E-state index in [1.807, 2.05) is 60.7 Å². The maximum absolute atomic E-state index is 12.2. The molecule has 0 aliphatic carbocycles. The van der Waals surface area contributed by atoms with Crippen molar-refractivity contribution in [1.29, 1.82) is 0 Å². The molecule has 1 heterocycles. The van der Waals surface area contributed by atoms with Crippen LogP contribution >= 0.6 is 0 Å². The monoisotopic (exact) mass is 549 g/mol. The third kappa shape index (κ3) is 12.5. The Hall–Kier alpha value is -4.24. The Morgan fingerprint density at radius 3 is 1.43 bits per heavy atom. The zero-order valence-corrected chi connectivity index (χ0v) is 22.4. The first kappa shape index (κ1) is 30.3. The van der Waals surface area contributed by atoms with Gasteiger partial charge in [-0.1, -0.05) is 67.1 Å². The lowest BCUT2D eigenvalue weighted by Gasteiger charge is -2.30. The Bertz CT molecular complexity index is 1060. The van der Waals surface area contributed by atoms with Crippen LogP contribution in [-0.2, 0) is 51.3 Å². The molecule has 0 spiro atoms. The largest absolute Gasteiger partial charge is 0.462 e. The number of benzene rings is 2. The third-order valence-electron chi connectivity index (χ3n) is 6.05. The van der Waals surface area contributed by atoms with Crippen molar-refractivity contribution < 1.29 is 38.1 Å². The summed E-state index contributed by atoms with van der Waals surface area (Å²) < 4.78 is 20.9. The fraction of sp³-hybridized carbons (Fsp3) is 0.355. The predicted octanol–water partition coefficient (Wildman–Crippen LogP) is 3.77. The summed E-state index contributed by atoms with van der Waals surface area (Å²) in [5.41, 5.74) is 1.67. The first-order valence-electron chi connectivity index (χ1n) is 13.3. The van der Waals surface area contributed by atoms with Gasteiger partial charge in [-0.25, -0.2) is 19.2 Å². The molecule has 212 valence electrons. The van der Waals surface area contributed by atoms with Gasteiger partial charge >= 0.3 is 23.9 Å². The van der Waals surface area contributed by atoms with Crippen LogP contribution in [0.25, 0.3) is 0 Å². The van der Waals surface area contributed by atoms with Crippen molar-refractivity contribution in [1.82, 2.24) is 4.90 Å². The van der Waals surface area contributed by atoms with Gasteiger partial charge in [-0.05, 0) is 37.1 Å². The van der Waals surface area contributed by atoms with E-state index in [9.17, 15) is 19.2 Å². The van der Waals surface area contributed by atoms with Gasteiger partial charge in [0.15, 0.2) is 0 Å². The highest BCUT2D eigenvalue weighted by Gasteiger charge is 2.19. The van der Waals surface area contributed by atoms with Crippen LogP contribution in [0.2, 0.25) is 0 Å².